The van der Waals surface area contributed by atoms with Gasteiger partial charge in [0.2, 0.25) is 0 Å². The molecule has 0 aliphatic carbocycles. The molecule has 0 bridgehead atoms. The van der Waals surface area contributed by atoms with Crippen molar-refractivity contribution < 1.29 is 14.5 Å². The molecular weight excluding hydrogens is 376 g/mol. The summed E-state index contributed by atoms with van der Waals surface area (Å²) in [6.45, 7) is 8.28. The van der Waals surface area contributed by atoms with Gasteiger partial charge in [0.1, 0.15) is 6.54 Å². The first-order valence-corrected chi connectivity index (χ1v) is 10.8. The number of benzene rings is 2. The van der Waals surface area contributed by atoms with Crippen LogP contribution in [0.1, 0.15) is 53.7 Å². The maximum Gasteiger partial charge on any atom is 0.315 e. The van der Waals surface area contributed by atoms with Crippen LogP contribution in [-0.2, 0) is 19.6 Å². The van der Waals surface area contributed by atoms with E-state index in [2.05, 4.69) is 34.1 Å². The lowest BCUT2D eigenvalue weighted by molar-refractivity contribution is -0.901. The molecule has 6 nitrogen and oxygen atoms in total. The van der Waals surface area contributed by atoms with Gasteiger partial charge in [0.05, 0.1) is 13.1 Å². The second kappa shape index (κ2) is 10.8. The minimum atomic E-state index is -0.193. The van der Waals surface area contributed by atoms with E-state index in [0.717, 1.165) is 12.1 Å². The average Bonchev–Trinajstić information content (AvgIpc) is 3.24. The van der Waals surface area contributed by atoms with Gasteiger partial charge in [-0.05, 0) is 37.1 Å². The van der Waals surface area contributed by atoms with Crippen LogP contribution in [0.3, 0.4) is 0 Å². The van der Waals surface area contributed by atoms with Crippen LogP contribution in [0.5, 0.6) is 0 Å². The zero-order valence-electron chi connectivity index (χ0n) is 18.0. The van der Waals surface area contributed by atoms with Crippen molar-refractivity contribution in [3.8, 4) is 0 Å². The van der Waals surface area contributed by atoms with E-state index in [1.54, 1.807) is 17.0 Å². The summed E-state index contributed by atoms with van der Waals surface area (Å²) in [6, 6.07) is 15.6. The van der Waals surface area contributed by atoms with E-state index >= 15 is 0 Å². The van der Waals surface area contributed by atoms with Crippen LogP contribution in [0.25, 0.3) is 0 Å². The van der Waals surface area contributed by atoms with E-state index in [1.165, 1.54) is 37.1 Å². The number of hydrogen-bond donors (Lipinski definition) is 4. The monoisotopic (exact) mass is 409 g/mol. The lowest BCUT2D eigenvalue weighted by Gasteiger charge is -2.15. The fraction of sp³-hybridized carbons (Fsp3) is 0.417. The molecule has 3 rings (SSSR count). The predicted octanol–water partition coefficient (Wildman–Crippen LogP) is 2.00. The first-order valence-electron chi connectivity index (χ1n) is 10.8. The molecule has 1 saturated heterocycles. The highest BCUT2D eigenvalue weighted by molar-refractivity contribution is 5.94. The Balaban J connectivity index is 1.51. The molecule has 160 valence electrons. The van der Waals surface area contributed by atoms with E-state index < -0.39 is 0 Å². The zero-order valence-corrected chi connectivity index (χ0v) is 18.0. The largest absolute Gasteiger partial charge is 0.348 e. The Kier molecular flexibility index (Phi) is 7.85. The van der Waals surface area contributed by atoms with E-state index in [4.69, 9.17) is 0 Å². The van der Waals surface area contributed by atoms with Gasteiger partial charge in [0.25, 0.3) is 5.91 Å². The lowest BCUT2D eigenvalue weighted by Crippen LogP contribution is -3.08. The molecule has 1 aliphatic rings. The smallest absolute Gasteiger partial charge is 0.315 e. The van der Waals surface area contributed by atoms with Crippen LogP contribution >= 0.6 is 0 Å². The lowest BCUT2D eigenvalue weighted by atomic mass is 10.1. The Labute approximate surface area is 179 Å². The molecule has 1 aliphatic heterocycles. The van der Waals surface area contributed by atoms with E-state index in [0.29, 0.717) is 18.7 Å². The first-order chi connectivity index (χ1) is 14.5. The molecule has 2 aromatic rings. The number of amides is 3. The Morgan fingerprint density at radius 2 is 1.57 bits per heavy atom. The van der Waals surface area contributed by atoms with Gasteiger partial charge in [0, 0.05) is 43.1 Å². The molecule has 0 unspecified atom stereocenters. The molecule has 0 radical (unpaired) electrons. The van der Waals surface area contributed by atoms with Crippen LogP contribution in [0.4, 0.5) is 4.79 Å². The van der Waals surface area contributed by atoms with Crippen LogP contribution in [0, 0.1) is 0 Å². The van der Waals surface area contributed by atoms with E-state index in [-0.39, 0.29) is 18.0 Å². The molecule has 0 atom stereocenters. The van der Waals surface area contributed by atoms with Gasteiger partial charge in [-0.3, -0.25) is 4.79 Å². The summed E-state index contributed by atoms with van der Waals surface area (Å²) >= 11 is 0. The molecule has 3 amide bonds. The number of quaternary nitrogens is 1. The number of hydrogen-bond acceptors (Lipinski definition) is 2. The maximum absolute atomic E-state index is 12.6. The summed E-state index contributed by atoms with van der Waals surface area (Å²) in [4.78, 5) is 25.9. The molecule has 30 heavy (non-hydrogen) atoms. The molecule has 0 saturated carbocycles. The highest BCUT2D eigenvalue weighted by Gasteiger charge is 2.17. The third-order valence-electron chi connectivity index (χ3n) is 5.40. The van der Waals surface area contributed by atoms with Gasteiger partial charge in [-0.1, -0.05) is 36.4 Å². The molecule has 1 fully saturated rings. The molecule has 0 spiro atoms. The summed E-state index contributed by atoms with van der Waals surface area (Å²) < 4.78 is 0. The zero-order chi connectivity index (χ0) is 21.3. The molecule has 2 aromatic carbocycles. The minimum Gasteiger partial charge on any atom is -0.348 e. The summed E-state index contributed by atoms with van der Waals surface area (Å²) in [6.07, 6.45) is 2.62. The third kappa shape index (κ3) is 6.59. The fourth-order valence-corrected chi connectivity index (χ4v) is 3.77. The Morgan fingerprint density at radius 3 is 2.23 bits per heavy atom. The maximum atomic E-state index is 12.6. The summed E-state index contributed by atoms with van der Waals surface area (Å²) in [7, 11) is 0. The second-order valence-corrected chi connectivity index (χ2v) is 8.26. The first kappa shape index (κ1) is 21.8. The Morgan fingerprint density at radius 1 is 0.900 bits per heavy atom. The van der Waals surface area contributed by atoms with E-state index in [1.807, 2.05) is 32.0 Å². The Bertz CT molecular complexity index is 843. The van der Waals surface area contributed by atoms with Gasteiger partial charge in [-0.15, -0.1) is 0 Å². The topological polar surface area (TPSA) is 74.7 Å². The highest BCUT2D eigenvalue weighted by Crippen LogP contribution is 2.09. The summed E-state index contributed by atoms with van der Waals surface area (Å²) in [5, 5.41) is 8.64. The van der Waals surface area contributed by atoms with Gasteiger partial charge in [0.15, 0.2) is 0 Å². The SMILES string of the molecule is CC(C)NC(=O)NCc1ccc(C(=O)NCc2ccccc2C[NH+]2CCCC2)cc1. The van der Waals surface area contributed by atoms with Gasteiger partial charge < -0.3 is 20.9 Å². The number of likely N-dealkylation sites (tertiary alicyclic amines) is 1. The molecular formula is C24H33N4O2+. The molecule has 1 heterocycles. The van der Waals surface area contributed by atoms with Gasteiger partial charge in [-0.2, -0.15) is 0 Å². The van der Waals surface area contributed by atoms with Crippen molar-refractivity contribution in [3.63, 3.8) is 0 Å². The molecule has 4 N–H and O–H groups in total. The number of carbonyl (C=O) groups excluding carboxylic acids is 2. The van der Waals surface area contributed by atoms with Crippen LogP contribution in [0.2, 0.25) is 0 Å². The second-order valence-electron chi connectivity index (χ2n) is 8.26. The molecule has 6 heteroatoms. The van der Waals surface area contributed by atoms with Crippen molar-refractivity contribution >= 4 is 11.9 Å². The summed E-state index contributed by atoms with van der Waals surface area (Å²) in [5.74, 6) is -0.0876. The third-order valence-corrected chi connectivity index (χ3v) is 5.40. The van der Waals surface area contributed by atoms with Gasteiger partial charge in [-0.25, -0.2) is 4.79 Å². The number of urea groups is 1. The van der Waals surface area contributed by atoms with Crippen LogP contribution in [-0.4, -0.2) is 31.1 Å². The van der Waals surface area contributed by atoms with Crippen molar-refractivity contribution in [2.24, 2.45) is 0 Å². The van der Waals surface area contributed by atoms with Crippen LogP contribution in [0.15, 0.2) is 48.5 Å². The standard InChI is InChI=1S/C24H32N4O2/c1-18(2)27-24(30)26-15-19-9-11-20(12-10-19)23(29)25-16-21-7-3-4-8-22(21)17-28-13-5-6-14-28/h3-4,7-12,18H,5-6,13-17H2,1-2H3,(H,25,29)(H2,26,27,30)/p+1. The predicted molar refractivity (Wildman–Crippen MR) is 118 cm³/mol. The highest BCUT2D eigenvalue weighted by atomic mass is 16.2. The summed E-state index contributed by atoms with van der Waals surface area (Å²) in [5.41, 5.74) is 4.07. The van der Waals surface area contributed by atoms with Crippen LogP contribution < -0.4 is 20.9 Å². The van der Waals surface area contributed by atoms with Crippen molar-refractivity contribution in [2.75, 3.05) is 13.1 Å². The quantitative estimate of drug-likeness (QED) is 0.538. The number of nitrogens with one attached hydrogen (secondary N) is 4. The van der Waals surface area contributed by atoms with E-state index in [9.17, 15) is 9.59 Å². The van der Waals surface area contributed by atoms with Crippen molar-refractivity contribution in [2.45, 2.75) is 52.4 Å². The number of rotatable bonds is 8. The Hall–Kier alpha value is -2.86. The van der Waals surface area contributed by atoms with Gasteiger partial charge >= 0.3 is 6.03 Å². The van der Waals surface area contributed by atoms with Crippen molar-refractivity contribution in [1.82, 2.24) is 16.0 Å². The average molecular weight is 410 g/mol. The minimum absolute atomic E-state index is 0.0876. The fourth-order valence-electron chi connectivity index (χ4n) is 3.77. The van der Waals surface area contributed by atoms with Crippen molar-refractivity contribution in [1.29, 1.82) is 0 Å². The normalized spacial score (nSPS) is 14.0. The molecule has 0 aromatic heterocycles. The van der Waals surface area contributed by atoms with Crippen molar-refractivity contribution in [3.05, 3.63) is 70.8 Å². The number of carbonyl (C=O) groups is 2.